The van der Waals surface area contributed by atoms with Crippen molar-refractivity contribution in [3.63, 3.8) is 0 Å². The number of hydrogen-bond donors (Lipinski definition) is 0. The highest BCUT2D eigenvalue weighted by Gasteiger charge is 1.90. The molecule has 0 aromatic heterocycles. The highest BCUT2D eigenvalue weighted by atomic mass is 16.5. The lowest BCUT2D eigenvalue weighted by Crippen LogP contribution is -1.95. The van der Waals surface area contributed by atoms with Crippen molar-refractivity contribution >= 4 is 0 Å². The van der Waals surface area contributed by atoms with E-state index in [-0.39, 0.29) is 0 Å². The molecule has 0 saturated carbocycles. The first-order valence-corrected chi connectivity index (χ1v) is 8.96. The number of hydrogen-bond acceptors (Lipinski definition) is 4. The molecule has 0 aromatic rings. The van der Waals surface area contributed by atoms with Crippen LogP contribution in [-0.4, -0.2) is 53.9 Å². The van der Waals surface area contributed by atoms with Gasteiger partial charge in [0.15, 0.2) is 0 Å². The van der Waals surface area contributed by atoms with E-state index in [1.54, 1.807) is 14.2 Å². The van der Waals surface area contributed by atoms with Crippen molar-refractivity contribution in [2.24, 2.45) is 0 Å². The van der Waals surface area contributed by atoms with Crippen LogP contribution in [0.25, 0.3) is 0 Å². The Kier molecular flexibility index (Phi) is 28.2. The fraction of sp³-hybridized carbons (Fsp3) is 1.00. The molecule has 4 heteroatoms. The molecule has 0 rings (SSSR count). The van der Waals surface area contributed by atoms with E-state index in [2.05, 4.69) is 0 Å². The van der Waals surface area contributed by atoms with Crippen LogP contribution >= 0.6 is 0 Å². The van der Waals surface area contributed by atoms with Crippen molar-refractivity contribution in [3.8, 4) is 0 Å². The molecular weight excluding hydrogens is 280 g/mol. The van der Waals surface area contributed by atoms with Crippen LogP contribution in [-0.2, 0) is 18.9 Å². The summed E-state index contributed by atoms with van der Waals surface area (Å²) in [6, 6.07) is 0. The number of ether oxygens (including phenoxy) is 4. The zero-order valence-electron chi connectivity index (χ0n) is 15.5. The first-order valence-electron chi connectivity index (χ1n) is 8.96. The summed E-state index contributed by atoms with van der Waals surface area (Å²) in [5.41, 5.74) is 0. The Bertz CT molecular complexity index is 147. The summed E-state index contributed by atoms with van der Waals surface area (Å²) >= 11 is 0. The molecule has 0 fully saturated rings. The van der Waals surface area contributed by atoms with Crippen LogP contribution in [0.1, 0.15) is 65.2 Å². The molecule has 0 aromatic carbocycles. The monoisotopic (exact) mass is 320 g/mol. The van der Waals surface area contributed by atoms with E-state index in [0.29, 0.717) is 0 Å². The quantitative estimate of drug-likeness (QED) is 0.393. The smallest absolute Gasteiger partial charge is 0.0465 e. The molecule has 4 nitrogen and oxygen atoms in total. The van der Waals surface area contributed by atoms with Gasteiger partial charge in [0.2, 0.25) is 0 Å². The van der Waals surface area contributed by atoms with E-state index in [1.165, 1.54) is 51.4 Å². The van der Waals surface area contributed by atoms with Gasteiger partial charge in [-0.2, -0.15) is 0 Å². The maximum absolute atomic E-state index is 5.23. The standard InChI is InChI=1S/C10H22O2.C8H18O2/c1-3-11-9-7-5-6-8-10-12-4-2;1-9-7-5-3-4-6-8-10-2/h3-10H2,1-2H3;3-8H2,1-2H3. The van der Waals surface area contributed by atoms with Crippen LogP contribution in [0.5, 0.6) is 0 Å². The largest absolute Gasteiger partial charge is 0.385 e. The van der Waals surface area contributed by atoms with E-state index < -0.39 is 0 Å². The molecule has 0 saturated heterocycles. The average molecular weight is 321 g/mol. The summed E-state index contributed by atoms with van der Waals surface area (Å²) < 4.78 is 20.3. The minimum atomic E-state index is 0.846. The second kappa shape index (κ2) is 25.8. The molecular formula is C18H40O4. The molecule has 0 N–H and O–H groups in total. The summed E-state index contributed by atoms with van der Waals surface area (Å²) in [4.78, 5) is 0. The Morgan fingerprint density at radius 2 is 0.773 bits per heavy atom. The zero-order valence-corrected chi connectivity index (χ0v) is 15.5. The van der Waals surface area contributed by atoms with Crippen molar-refractivity contribution in [3.05, 3.63) is 0 Å². The maximum atomic E-state index is 5.23. The van der Waals surface area contributed by atoms with Gasteiger partial charge in [0.1, 0.15) is 0 Å². The van der Waals surface area contributed by atoms with Gasteiger partial charge in [0, 0.05) is 53.9 Å². The molecule has 0 aliphatic carbocycles. The molecule has 22 heavy (non-hydrogen) atoms. The summed E-state index contributed by atoms with van der Waals surface area (Å²) in [5.74, 6) is 0. The van der Waals surface area contributed by atoms with Crippen LogP contribution in [0.3, 0.4) is 0 Å². The van der Waals surface area contributed by atoms with Gasteiger partial charge in [-0.15, -0.1) is 0 Å². The lowest BCUT2D eigenvalue weighted by Gasteiger charge is -2.01. The van der Waals surface area contributed by atoms with E-state index in [0.717, 1.165) is 39.6 Å². The zero-order chi connectivity index (χ0) is 16.7. The first-order chi connectivity index (χ1) is 10.8. The third kappa shape index (κ3) is 28.1. The van der Waals surface area contributed by atoms with Crippen molar-refractivity contribution in [2.45, 2.75) is 65.2 Å². The molecule has 0 unspecified atom stereocenters. The predicted molar refractivity (Wildman–Crippen MR) is 93.7 cm³/mol. The lowest BCUT2D eigenvalue weighted by atomic mass is 10.2. The van der Waals surface area contributed by atoms with Crippen LogP contribution < -0.4 is 0 Å². The Labute approximate surface area is 138 Å². The minimum absolute atomic E-state index is 0.846. The molecule has 0 bridgehead atoms. The number of rotatable bonds is 16. The van der Waals surface area contributed by atoms with Crippen LogP contribution in [0.4, 0.5) is 0 Å². The normalized spacial score (nSPS) is 10.4. The molecule has 0 aliphatic heterocycles. The number of unbranched alkanes of at least 4 members (excludes halogenated alkanes) is 6. The van der Waals surface area contributed by atoms with E-state index in [4.69, 9.17) is 18.9 Å². The van der Waals surface area contributed by atoms with E-state index in [9.17, 15) is 0 Å². The predicted octanol–water partition coefficient (Wildman–Crippen LogP) is 4.46. The Hall–Kier alpha value is -0.160. The molecule has 0 spiro atoms. The number of methoxy groups -OCH3 is 2. The van der Waals surface area contributed by atoms with E-state index >= 15 is 0 Å². The van der Waals surface area contributed by atoms with Gasteiger partial charge in [-0.3, -0.25) is 0 Å². The van der Waals surface area contributed by atoms with Gasteiger partial charge in [-0.25, -0.2) is 0 Å². The summed E-state index contributed by atoms with van der Waals surface area (Å²) in [5, 5.41) is 0. The van der Waals surface area contributed by atoms with Crippen LogP contribution in [0, 0.1) is 0 Å². The molecule has 0 amide bonds. The van der Waals surface area contributed by atoms with E-state index in [1.807, 2.05) is 13.8 Å². The van der Waals surface area contributed by atoms with Crippen molar-refractivity contribution in [2.75, 3.05) is 53.9 Å². The first kappa shape index (κ1) is 24.1. The van der Waals surface area contributed by atoms with Gasteiger partial charge >= 0.3 is 0 Å². The molecule has 0 radical (unpaired) electrons. The molecule has 0 heterocycles. The van der Waals surface area contributed by atoms with Gasteiger partial charge in [-0.05, 0) is 39.5 Å². The van der Waals surface area contributed by atoms with Gasteiger partial charge in [-0.1, -0.05) is 25.7 Å². The Balaban J connectivity index is 0. The van der Waals surface area contributed by atoms with Gasteiger partial charge in [0.25, 0.3) is 0 Å². The van der Waals surface area contributed by atoms with Crippen molar-refractivity contribution < 1.29 is 18.9 Å². The van der Waals surface area contributed by atoms with Gasteiger partial charge < -0.3 is 18.9 Å². The summed E-state index contributed by atoms with van der Waals surface area (Å²) in [6.45, 7) is 9.40. The Morgan fingerprint density at radius 3 is 1.05 bits per heavy atom. The summed E-state index contributed by atoms with van der Waals surface area (Å²) in [7, 11) is 3.49. The average Bonchev–Trinajstić information content (AvgIpc) is 2.54. The topological polar surface area (TPSA) is 36.9 Å². The second-order valence-corrected chi connectivity index (χ2v) is 5.21. The highest BCUT2D eigenvalue weighted by molar-refractivity contribution is 4.42. The lowest BCUT2D eigenvalue weighted by molar-refractivity contribution is 0.133. The minimum Gasteiger partial charge on any atom is -0.385 e. The fourth-order valence-electron chi connectivity index (χ4n) is 1.90. The van der Waals surface area contributed by atoms with Crippen LogP contribution in [0.2, 0.25) is 0 Å². The molecule has 0 atom stereocenters. The third-order valence-electron chi connectivity index (χ3n) is 3.18. The van der Waals surface area contributed by atoms with Gasteiger partial charge in [0.05, 0.1) is 0 Å². The van der Waals surface area contributed by atoms with Crippen molar-refractivity contribution in [1.82, 2.24) is 0 Å². The summed E-state index contributed by atoms with van der Waals surface area (Å²) in [6.07, 6.45) is 9.81. The Morgan fingerprint density at radius 1 is 0.455 bits per heavy atom. The highest BCUT2D eigenvalue weighted by Crippen LogP contribution is 2.00. The van der Waals surface area contributed by atoms with Crippen molar-refractivity contribution in [1.29, 1.82) is 0 Å². The SMILES string of the molecule is CCOCCCCCCOCC.COCCCCCCOC. The van der Waals surface area contributed by atoms with Crippen LogP contribution in [0.15, 0.2) is 0 Å². The maximum Gasteiger partial charge on any atom is 0.0465 e. The molecule has 0 aliphatic rings. The third-order valence-corrected chi connectivity index (χ3v) is 3.18. The second-order valence-electron chi connectivity index (χ2n) is 5.21. The fourth-order valence-corrected chi connectivity index (χ4v) is 1.90. The molecule has 136 valence electrons.